The van der Waals surface area contributed by atoms with Crippen molar-refractivity contribution < 1.29 is 9.13 Å². The lowest BCUT2D eigenvalue weighted by molar-refractivity contribution is 0.302. The number of halogens is 1. The van der Waals surface area contributed by atoms with Crippen LogP contribution in [0.15, 0.2) is 36.5 Å². The van der Waals surface area contributed by atoms with E-state index in [1.54, 1.807) is 12.3 Å². The Balaban J connectivity index is 2.04. The van der Waals surface area contributed by atoms with Crippen molar-refractivity contribution in [1.29, 1.82) is 0 Å². The van der Waals surface area contributed by atoms with Gasteiger partial charge in [-0.15, -0.1) is 0 Å². The topological polar surface area (TPSA) is 34.1 Å². The number of rotatable bonds is 4. The van der Waals surface area contributed by atoms with Gasteiger partial charge in [-0.25, -0.2) is 9.37 Å². The number of nitrogens with zero attached hydrogens (tertiary/aromatic N) is 1. The summed E-state index contributed by atoms with van der Waals surface area (Å²) in [4.78, 5) is 4.18. The third-order valence-electron chi connectivity index (χ3n) is 2.63. The summed E-state index contributed by atoms with van der Waals surface area (Å²) in [6, 6.07) is 8.31. The second-order valence-electron chi connectivity index (χ2n) is 4.00. The number of nitrogens with one attached hydrogen (secondary N) is 1. The Labute approximate surface area is 106 Å². The summed E-state index contributed by atoms with van der Waals surface area (Å²) in [6.45, 7) is 2.26. The summed E-state index contributed by atoms with van der Waals surface area (Å²) in [7, 11) is 1.81. The van der Waals surface area contributed by atoms with E-state index in [1.165, 1.54) is 12.1 Å². The third kappa shape index (κ3) is 2.97. The zero-order chi connectivity index (χ0) is 13.0. The highest BCUT2D eigenvalue weighted by molar-refractivity contribution is 5.35. The van der Waals surface area contributed by atoms with Crippen molar-refractivity contribution in [2.24, 2.45) is 0 Å². The molecule has 1 aromatic heterocycles. The lowest BCUT2D eigenvalue weighted by Crippen LogP contribution is -1.99. The fraction of sp³-hybridized carbons (Fsp3) is 0.214. The summed E-state index contributed by atoms with van der Waals surface area (Å²) in [5.41, 5.74) is 1.86. The van der Waals surface area contributed by atoms with Gasteiger partial charge in [0.2, 0.25) is 0 Å². The van der Waals surface area contributed by atoms with Crippen LogP contribution < -0.4 is 10.1 Å². The van der Waals surface area contributed by atoms with Gasteiger partial charge in [-0.05, 0) is 24.6 Å². The van der Waals surface area contributed by atoms with E-state index in [0.29, 0.717) is 12.4 Å². The molecule has 0 amide bonds. The molecule has 0 bridgehead atoms. The van der Waals surface area contributed by atoms with Crippen LogP contribution in [0.3, 0.4) is 0 Å². The molecule has 1 aromatic carbocycles. The zero-order valence-corrected chi connectivity index (χ0v) is 10.4. The molecule has 2 aromatic rings. The fourth-order valence-electron chi connectivity index (χ4n) is 1.55. The molecule has 1 N–H and O–H groups in total. The molecule has 0 aliphatic heterocycles. The van der Waals surface area contributed by atoms with Gasteiger partial charge in [0, 0.05) is 24.9 Å². The quantitative estimate of drug-likeness (QED) is 0.899. The largest absolute Gasteiger partial charge is 0.488 e. The van der Waals surface area contributed by atoms with Gasteiger partial charge in [0.15, 0.2) is 0 Å². The molecule has 0 atom stereocenters. The van der Waals surface area contributed by atoms with Gasteiger partial charge in [-0.1, -0.05) is 12.1 Å². The van der Waals surface area contributed by atoms with Crippen molar-refractivity contribution in [3.8, 4) is 5.75 Å². The number of pyridine rings is 1. The number of aryl methyl sites for hydroxylation is 1. The molecule has 0 saturated heterocycles. The molecule has 2 rings (SSSR count). The summed E-state index contributed by atoms with van der Waals surface area (Å²) in [6.07, 6.45) is 1.74. The van der Waals surface area contributed by atoms with Gasteiger partial charge in [0.05, 0.1) is 0 Å². The molecule has 18 heavy (non-hydrogen) atoms. The SMILES string of the molecule is CNc1ccc(COc2cc(F)ccc2C)cn1. The first kappa shape index (κ1) is 12.4. The van der Waals surface area contributed by atoms with Crippen LogP contribution >= 0.6 is 0 Å². The van der Waals surface area contributed by atoms with Gasteiger partial charge >= 0.3 is 0 Å². The second-order valence-corrected chi connectivity index (χ2v) is 4.00. The van der Waals surface area contributed by atoms with E-state index in [4.69, 9.17) is 4.74 Å². The number of aromatic nitrogens is 1. The van der Waals surface area contributed by atoms with Crippen molar-refractivity contribution in [2.75, 3.05) is 12.4 Å². The predicted octanol–water partition coefficient (Wildman–Crippen LogP) is 3.15. The molecule has 0 aliphatic carbocycles. The zero-order valence-electron chi connectivity index (χ0n) is 10.4. The van der Waals surface area contributed by atoms with Crippen LogP contribution in [0.4, 0.5) is 10.2 Å². The van der Waals surface area contributed by atoms with Crippen LogP contribution in [0.1, 0.15) is 11.1 Å². The molecule has 0 fully saturated rings. The van der Waals surface area contributed by atoms with E-state index in [2.05, 4.69) is 10.3 Å². The second kappa shape index (κ2) is 5.49. The maximum absolute atomic E-state index is 13.1. The molecule has 1 heterocycles. The normalized spacial score (nSPS) is 10.2. The average Bonchev–Trinajstić information content (AvgIpc) is 2.40. The molecule has 0 radical (unpaired) electrons. The number of benzene rings is 1. The highest BCUT2D eigenvalue weighted by atomic mass is 19.1. The molecule has 0 spiro atoms. The minimum atomic E-state index is -0.292. The Hall–Kier alpha value is -2.10. The summed E-state index contributed by atoms with van der Waals surface area (Å²) < 4.78 is 18.6. The lowest BCUT2D eigenvalue weighted by Gasteiger charge is -2.09. The van der Waals surface area contributed by atoms with Crippen molar-refractivity contribution in [2.45, 2.75) is 13.5 Å². The number of hydrogen-bond acceptors (Lipinski definition) is 3. The van der Waals surface area contributed by atoms with Gasteiger partial charge in [-0.3, -0.25) is 0 Å². The molecule has 0 unspecified atom stereocenters. The van der Waals surface area contributed by atoms with Gasteiger partial charge in [0.25, 0.3) is 0 Å². The summed E-state index contributed by atoms with van der Waals surface area (Å²) in [5.74, 6) is 1.08. The average molecular weight is 246 g/mol. The van der Waals surface area contributed by atoms with E-state index >= 15 is 0 Å². The van der Waals surface area contributed by atoms with Crippen LogP contribution in [0.2, 0.25) is 0 Å². The highest BCUT2D eigenvalue weighted by Gasteiger charge is 2.02. The maximum Gasteiger partial charge on any atom is 0.126 e. The molecule has 4 heteroatoms. The van der Waals surface area contributed by atoms with Crippen molar-refractivity contribution >= 4 is 5.82 Å². The number of hydrogen-bond donors (Lipinski definition) is 1. The Kier molecular flexibility index (Phi) is 3.77. The monoisotopic (exact) mass is 246 g/mol. The highest BCUT2D eigenvalue weighted by Crippen LogP contribution is 2.20. The molecule has 0 saturated carbocycles. The molecular weight excluding hydrogens is 231 g/mol. The number of ether oxygens (including phenoxy) is 1. The minimum Gasteiger partial charge on any atom is -0.488 e. The maximum atomic E-state index is 13.1. The van der Waals surface area contributed by atoms with Crippen molar-refractivity contribution in [3.05, 3.63) is 53.5 Å². The molecule has 3 nitrogen and oxygen atoms in total. The standard InChI is InChI=1S/C14H15FN2O/c1-10-3-5-12(15)7-13(10)18-9-11-4-6-14(16-2)17-8-11/h3-8H,9H2,1-2H3,(H,16,17). The third-order valence-corrected chi connectivity index (χ3v) is 2.63. The Morgan fingerprint density at radius 2 is 2.11 bits per heavy atom. The Morgan fingerprint density at radius 3 is 2.78 bits per heavy atom. The first-order valence-corrected chi connectivity index (χ1v) is 5.70. The van der Waals surface area contributed by atoms with E-state index in [9.17, 15) is 4.39 Å². The molecular formula is C14H15FN2O. The van der Waals surface area contributed by atoms with E-state index in [-0.39, 0.29) is 5.82 Å². The van der Waals surface area contributed by atoms with E-state index in [1.807, 2.05) is 26.1 Å². The van der Waals surface area contributed by atoms with Gasteiger partial charge in [0.1, 0.15) is 24.0 Å². The minimum absolute atomic E-state index is 0.292. The summed E-state index contributed by atoms with van der Waals surface area (Å²) in [5, 5.41) is 2.94. The van der Waals surface area contributed by atoms with Crippen LogP contribution in [-0.2, 0) is 6.61 Å². The van der Waals surface area contributed by atoms with Gasteiger partial charge < -0.3 is 10.1 Å². The first-order chi connectivity index (χ1) is 8.69. The molecule has 94 valence electrons. The predicted molar refractivity (Wildman–Crippen MR) is 69.3 cm³/mol. The number of anilines is 1. The van der Waals surface area contributed by atoms with Crippen molar-refractivity contribution in [3.63, 3.8) is 0 Å². The van der Waals surface area contributed by atoms with Crippen LogP contribution in [0, 0.1) is 12.7 Å². The first-order valence-electron chi connectivity index (χ1n) is 5.70. The van der Waals surface area contributed by atoms with Crippen LogP contribution in [0.25, 0.3) is 0 Å². The Morgan fingerprint density at radius 1 is 1.28 bits per heavy atom. The fourth-order valence-corrected chi connectivity index (χ4v) is 1.55. The summed E-state index contributed by atoms with van der Waals surface area (Å²) >= 11 is 0. The van der Waals surface area contributed by atoms with Gasteiger partial charge in [-0.2, -0.15) is 0 Å². The van der Waals surface area contributed by atoms with E-state index in [0.717, 1.165) is 16.9 Å². The van der Waals surface area contributed by atoms with Crippen molar-refractivity contribution in [1.82, 2.24) is 4.98 Å². The molecule has 0 aliphatic rings. The van der Waals surface area contributed by atoms with E-state index < -0.39 is 0 Å². The lowest BCUT2D eigenvalue weighted by atomic mass is 10.2. The Bertz CT molecular complexity index is 526. The van der Waals surface area contributed by atoms with Crippen LogP contribution in [-0.4, -0.2) is 12.0 Å². The smallest absolute Gasteiger partial charge is 0.126 e. The van der Waals surface area contributed by atoms with Crippen LogP contribution in [0.5, 0.6) is 5.75 Å².